The maximum Gasteiger partial charge on any atom is 0.416 e. The fourth-order valence-corrected chi connectivity index (χ4v) is 6.00. The third kappa shape index (κ3) is 8.65. The van der Waals surface area contributed by atoms with E-state index in [-0.39, 0.29) is 25.0 Å². The fourth-order valence-electron chi connectivity index (χ4n) is 5.31. The molecule has 4 aromatic rings. The summed E-state index contributed by atoms with van der Waals surface area (Å²) in [4.78, 5) is 19.3. The maximum absolute atomic E-state index is 14.4. The van der Waals surface area contributed by atoms with Gasteiger partial charge in [0.1, 0.15) is 5.75 Å². The van der Waals surface area contributed by atoms with Crippen LogP contribution in [-0.2, 0) is 34.8 Å². The van der Waals surface area contributed by atoms with Gasteiger partial charge in [0.15, 0.2) is 11.6 Å². The van der Waals surface area contributed by atoms with Gasteiger partial charge < -0.3 is 19.9 Å². The molecule has 1 aliphatic rings. The molecule has 1 heterocycles. The number of hydrogen-bond acceptors (Lipinski definition) is 5. The second-order valence-corrected chi connectivity index (χ2v) is 13.0. The molecule has 0 saturated carbocycles. The van der Waals surface area contributed by atoms with E-state index in [0.717, 1.165) is 4.47 Å². The van der Waals surface area contributed by atoms with Crippen molar-refractivity contribution in [3.05, 3.63) is 133 Å². The van der Waals surface area contributed by atoms with Crippen molar-refractivity contribution in [3.8, 4) is 5.75 Å². The Labute approximate surface area is 294 Å². The number of rotatable bonds is 11. The normalized spacial score (nSPS) is 17.7. The highest BCUT2D eigenvalue weighted by molar-refractivity contribution is 9.10. The van der Waals surface area contributed by atoms with Crippen molar-refractivity contribution in [2.45, 2.75) is 43.4 Å². The van der Waals surface area contributed by atoms with Crippen LogP contribution in [0, 0.1) is 0 Å². The van der Waals surface area contributed by atoms with Gasteiger partial charge in [0, 0.05) is 40.5 Å². The molecular formula is C35H28Br2F6N2O4. The lowest BCUT2D eigenvalue weighted by Crippen LogP contribution is -2.49. The quantitative estimate of drug-likeness (QED) is 0.117. The second kappa shape index (κ2) is 14.9. The van der Waals surface area contributed by atoms with Crippen LogP contribution < -0.4 is 10.1 Å². The fraction of sp³-hybridized carbons (Fsp3) is 0.257. The minimum absolute atomic E-state index is 0.0287. The Bertz CT molecular complexity index is 1780. The maximum atomic E-state index is 14.4. The Morgan fingerprint density at radius 1 is 0.898 bits per heavy atom. The number of benzene rings is 4. The summed E-state index contributed by atoms with van der Waals surface area (Å²) in [6, 6.07) is 21.9. The number of aliphatic imine (C=N–C) groups is 1. The average Bonchev–Trinajstić information content (AvgIpc) is 3.45. The summed E-state index contributed by atoms with van der Waals surface area (Å²) in [5.74, 6) is -0.159. The third-order valence-electron chi connectivity index (χ3n) is 7.72. The van der Waals surface area contributed by atoms with Crippen LogP contribution >= 0.6 is 31.9 Å². The molecule has 0 saturated heterocycles. The number of hydrogen-bond donors (Lipinski definition) is 2. The van der Waals surface area contributed by atoms with E-state index in [9.17, 15) is 31.1 Å². The second-order valence-electron chi connectivity index (χ2n) is 11.2. The summed E-state index contributed by atoms with van der Waals surface area (Å²) in [5.41, 5.74) is -3.45. The Kier molecular flexibility index (Phi) is 11.1. The van der Waals surface area contributed by atoms with Crippen LogP contribution in [0.5, 0.6) is 5.75 Å². The third-order valence-corrected chi connectivity index (χ3v) is 9.02. The van der Waals surface area contributed by atoms with Crippen LogP contribution in [0.3, 0.4) is 0 Å². The lowest BCUT2D eigenvalue weighted by Gasteiger charge is -2.31. The zero-order valence-electron chi connectivity index (χ0n) is 25.4. The van der Waals surface area contributed by atoms with Gasteiger partial charge in [0.25, 0.3) is 5.91 Å². The molecule has 4 aromatic carbocycles. The lowest BCUT2D eigenvalue weighted by molar-refractivity contribution is -0.143. The Hall–Kier alpha value is -3.88. The Balaban J connectivity index is 1.58. The molecule has 6 nitrogen and oxygen atoms in total. The smallest absolute Gasteiger partial charge is 0.416 e. The molecule has 0 bridgehead atoms. The lowest BCUT2D eigenvalue weighted by atomic mass is 9.82. The molecule has 49 heavy (non-hydrogen) atoms. The first kappa shape index (κ1) is 36.4. The first-order valence-corrected chi connectivity index (χ1v) is 16.4. The summed E-state index contributed by atoms with van der Waals surface area (Å²) < 4.78 is 94.9. The molecule has 0 aromatic heterocycles. The molecule has 0 radical (unpaired) electrons. The minimum atomic E-state index is -5.05. The van der Waals surface area contributed by atoms with E-state index in [4.69, 9.17) is 19.6 Å². The monoisotopic (exact) mass is 812 g/mol. The average molecular weight is 814 g/mol. The van der Waals surface area contributed by atoms with Crippen molar-refractivity contribution in [2.24, 2.45) is 4.99 Å². The van der Waals surface area contributed by atoms with Crippen LogP contribution in [0.15, 0.2) is 105 Å². The molecule has 0 aliphatic carbocycles. The zero-order valence-corrected chi connectivity index (χ0v) is 28.6. The number of halogens is 8. The topological polar surface area (TPSA) is 80.2 Å². The number of alkyl halides is 6. The van der Waals surface area contributed by atoms with E-state index >= 15 is 0 Å². The molecule has 1 amide bonds. The van der Waals surface area contributed by atoms with Gasteiger partial charge in [-0.1, -0.05) is 62.2 Å². The van der Waals surface area contributed by atoms with Gasteiger partial charge in [-0.15, -0.1) is 0 Å². The van der Waals surface area contributed by atoms with Gasteiger partial charge >= 0.3 is 12.4 Å². The van der Waals surface area contributed by atoms with E-state index in [1.807, 2.05) is 0 Å². The standard InChI is InChI=1S/C35H28Br2F6N2O4/c36-27-10-6-22(7-11-27)30-33(19-24-4-1-2-5-29(24)37,45-31(49-30)23-8-12-28(13-9-23)48-15-3-14-46)32(47)44-20-21-16-25(34(38,39)40)18-26(17-21)35(41,42)43/h1-2,4-13,16-18,30,46H,3,14-15,19-20H2,(H,44,47)/t30-,33-/m1/s1. The Morgan fingerprint density at radius 3 is 2.12 bits per heavy atom. The van der Waals surface area contributed by atoms with Crippen LogP contribution in [0.2, 0.25) is 0 Å². The highest BCUT2D eigenvalue weighted by Crippen LogP contribution is 2.44. The van der Waals surface area contributed by atoms with Crippen LogP contribution in [-0.4, -0.2) is 35.7 Å². The van der Waals surface area contributed by atoms with Gasteiger partial charge in [-0.3, -0.25) is 4.79 Å². The molecule has 2 N–H and O–H groups in total. The number of nitrogens with zero attached hydrogens (tertiary/aromatic N) is 1. The molecule has 14 heteroatoms. The predicted molar refractivity (Wildman–Crippen MR) is 177 cm³/mol. The Morgan fingerprint density at radius 2 is 1.53 bits per heavy atom. The van der Waals surface area contributed by atoms with Gasteiger partial charge in [-0.2, -0.15) is 26.3 Å². The minimum Gasteiger partial charge on any atom is -0.494 e. The predicted octanol–water partition coefficient (Wildman–Crippen LogP) is 8.83. The molecule has 5 rings (SSSR count). The molecule has 258 valence electrons. The van der Waals surface area contributed by atoms with Crippen molar-refractivity contribution in [3.63, 3.8) is 0 Å². The van der Waals surface area contributed by atoms with Gasteiger partial charge in [0.2, 0.25) is 5.90 Å². The summed E-state index contributed by atoms with van der Waals surface area (Å²) in [7, 11) is 0. The van der Waals surface area contributed by atoms with Crippen molar-refractivity contribution in [1.29, 1.82) is 0 Å². The van der Waals surface area contributed by atoms with Crippen molar-refractivity contribution < 1.29 is 45.7 Å². The van der Waals surface area contributed by atoms with Crippen molar-refractivity contribution >= 4 is 43.7 Å². The SMILES string of the molecule is O=C(NCc1cc(C(F)(F)F)cc(C(F)(F)F)c1)[C@]1(Cc2ccccc2Br)N=C(c2ccc(OCCCO)cc2)O[C@@H]1c1ccc(Br)cc1. The molecular weight excluding hydrogens is 786 g/mol. The highest BCUT2D eigenvalue weighted by Gasteiger charge is 2.53. The summed E-state index contributed by atoms with van der Waals surface area (Å²) in [6.45, 7) is -0.384. The van der Waals surface area contributed by atoms with Gasteiger partial charge in [-0.25, -0.2) is 4.99 Å². The van der Waals surface area contributed by atoms with E-state index in [1.165, 1.54) is 0 Å². The molecule has 0 unspecified atom stereocenters. The number of carbonyl (C=O) groups excluding carboxylic acids is 1. The molecule has 2 atom stereocenters. The number of carbonyl (C=O) groups is 1. The summed E-state index contributed by atoms with van der Waals surface area (Å²) in [5, 5.41) is 11.6. The van der Waals surface area contributed by atoms with Crippen molar-refractivity contribution in [2.75, 3.05) is 13.2 Å². The first-order valence-electron chi connectivity index (χ1n) is 14.9. The number of amides is 1. The highest BCUT2D eigenvalue weighted by atomic mass is 79.9. The zero-order chi connectivity index (χ0) is 35.4. The van der Waals surface area contributed by atoms with Crippen LogP contribution in [0.1, 0.15) is 45.9 Å². The number of aliphatic hydroxyl groups is 1. The van der Waals surface area contributed by atoms with E-state index < -0.39 is 53.1 Å². The summed E-state index contributed by atoms with van der Waals surface area (Å²) >= 11 is 6.92. The van der Waals surface area contributed by atoms with E-state index in [2.05, 4.69) is 37.2 Å². The number of ether oxygens (including phenoxy) is 2. The van der Waals surface area contributed by atoms with Crippen LogP contribution in [0.25, 0.3) is 0 Å². The van der Waals surface area contributed by atoms with Crippen LogP contribution in [0.4, 0.5) is 26.3 Å². The largest absolute Gasteiger partial charge is 0.494 e. The van der Waals surface area contributed by atoms with E-state index in [0.29, 0.717) is 52.1 Å². The van der Waals surface area contributed by atoms with Crippen molar-refractivity contribution in [1.82, 2.24) is 5.32 Å². The number of nitrogens with one attached hydrogen (secondary N) is 1. The summed E-state index contributed by atoms with van der Waals surface area (Å²) in [6.07, 6.45) is -10.8. The molecule has 0 fully saturated rings. The van der Waals surface area contributed by atoms with Gasteiger partial charge in [0.05, 0.1) is 17.7 Å². The van der Waals surface area contributed by atoms with E-state index in [1.54, 1.807) is 72.8 Å². The molecule has 0 spiro atoms. The first-order chi connectivity index (χ1) is 23.2. The number of aliphatic hydroxyl groups excluding tert-OH is 1. The van der Waals surface area contributed by atoms with Gasteiger partial charge in [-0.05, 0) is 77.4 Å². The molecule has 1 aliphatic heterocycles.